The molecule has 6 heteroatoms. The molecule has 0 unspecified atom stereocenters. The molecule has 0 aliphatic carbocycles. The Kier molecular flexibility index (Phi) is 4.79. The summed E-state index contributed by atoms with van der Waals surface area (Å²) in [5, 5.41) is 10.5. The normalized spacial score (nSPS) is 10.5. The number of ether oxygens (including phenoxy) is 1. The predicted molar refractivity (Wildman–Crippen MR) is 94.8 cm³/mol. The molecule has 3 aromatic rings. The van der Waals surface area contributed by atoms with Crippen LogP contribution in [0.4, 0.5) is 6.01 Å². The van der Waals surface area contributed by atoms with E-state index < -0.39 is 0 Å². The fraction of sp³-hybridized carbons (Fsp3) is 0.211. The zero-order valence-corrected chi connectivity index (χ0v) is 14.4. The fourth-order valence-corrected chi connectivity index (χ4v) is 2.53. The molecule has 0 bridgehead atoms. The zero-order chi connectivity index (χ0) is 17.8. The van der Waals surface area contributed by atoms with Gasteiger partial charge in [0.25, 0.3) is 5.91 Å². The van der Waals surface area contributed by atoms with E-state index in [1.807, 2.05) is 32.9 Å². The van der Waals surface area contributed by atoms with Crippen LogP contribution in [0, 0.1) is 13.8 Å². The van der Waals surface area contributed by atoms with Crippen LogP contribution in [0.3, 0.4) is 0 Å². The molecule has 25 heavy (non-hydrogen) atoms. The Hall–Kier alpha value is -3.15. The van der Waals surface area contributed by atoms with Gasteiger partial charge in [0.2, 0.25) is 5.89 Å². The summed E-state index contributed by atoms with van der Waals surface area (Å²) in [5.41, 5.74) is 3.52. The number of nitrogens with zero attached hydrogens (tertiary/aromatic N) is 2. The van der Waals surface area contributed by atoms with Crippen molar-refractivity contribution in [2.24, 2.45) is 0 Å². The molecule has 0 aliphatic heterocycles. The number of carbonyl (C=O) groups is 1. The first-order valence-electron chi connectivity index (χ1n) is 8.01. The van der Waals surface area contributed by atoms with Gasteiger partial charge in [0.05, 0.1) is 6.61 Å². The molecule has 0 fully saturated rings. The Morgan fingerprint density at radius 3 is 2.40 bits per heavy atom. The molecule has 3 rings (SSSR count). The van der Waals surface area contributed by atoms with E-state index in [0.717, 1.165) is 16.7 Å². The summed E-state index contributed by atoms with van der Waals surface area (Å²) in [6.45, 7) is 6.49. The van der Waals surface area contributed by atoms with E-state index in [-0.39, 0.29) is 11.9 Å². The monoisotopic (exact) mass is 337 g/mol. The molecule has 0 radical (unpaired) electrons. The van der Waals surface area contributed by atoms with Crippen molar-refractivity contribution < 1.29 is 13.9 Å². The molecule has 1 amide bonds. The summed E-state index contributed by atoms with van der Waals surface area (Å²) in [4.78, 5) is 12.3. The largest absolute Gasteiger partial charge is 0.494 e. The van der Waals surface area contributed by atoms with Gasteiger partial charge in [-0.15, -0.1) is 5.10 Å². The summed E-state index contributed by atoms with van der Waals surface area (Å²) in [7, 11) is 0. The minimum atomic E-state index is -0.321. The number of amides is 1. The summed E-state index contributed by atoms with van der Waals surface area (Å²) < 4.78 is 10.9. The van der Waals surface area contributed by atoms with Crippen LogP contribution in [0.1, 0.15) is 28.4 Å². The van der Waals surface area contributed by atoms with Crippen molar-refractivity contribution in [3.8, 4) is 17.2 Å². The van der Waals surface area contributed by atoms with Crippen LogP contribution < -0.4 is 10.1 Å². The number of nitrogens with one attached hydrogen (secondary N) is 1. The number of aryl methyl sites for hydroxylation is 2. The Morgan fingerprint density at radius 1 is 1.08 bits per heavy atom. The Bertz CT molecular complexity index is 865. The molecule has 1 aromatic heterocycles. The number of aromatic nitrogens is 2. The third kappa shape index (κ3) is 4.03. The van der Waals surface area contributed by atoms with Crippen molar-refractivity contribution >= 4 is 11.9 Å². The topological polar surface area (TPSA) is 77.2 Å². The second-order valence-corrected chi connectivity index (χ2v) is 5.70. The molecule has 1 N–H and O–H groups in total. The van der Waals surface area contributed by atoms with E-state index in [0.29, 0.717) is 23.8 Å². The van der Waals surface area contributed by atoms with Crippen molar-refractivity contribution in [3.05, 3.63) is 59.2 Å². The third-order valence-corrected chi connectivity index (χ3v) is 3.54. The number of hydrogen-bond donors (Lipinski definition) is 1. The average molecular weight is 337 g/mol. The lowest BCUT2D eigenvalue weighted by Crippen LogP contribution is -2.12. The molecule has 6 nitrogen and oxygen atoms in total. The number of carbonyl (C=O) groups excluding carboxylic acids is 1. The van der Waals surface area contributed by atoms with Gasteiger partial charge in [-0.2, -0.15) is 0 Å². The van der Waals surface area contributed by atoms with Crippen molar-refractivity contribution in [1.82, 2.24) is 10.2 Å². The number of rotatable bonds is 5. The summed E-state index contributed by atoms with van der Waals surface area (Å²) in [6, 6.07) is 12.9. The van der Waals surface area contributed by atoms with Crippen LogP contribution in [0.2, 0.25) is 0 Å². The van der Waals surface area contributed by atoms with Crippen molar-refractivity contribution in [1.29, 1.82) is 0 Å². The van der Waals surface area contributed by atoms with E-state index >= 15 is 0 Å². The van der Waals surface area contributed by atoms with Gasteiger partial charge in [0.15, 0.2) is 0 Å². The summed E-state index contributed by atoms with van der Waals surface area (Å²) >= 11 is 0. The quantitative estimate of drug-likeness (QED) is 0.761. The van der Waals surface area contributed by atoms with Gasteiger partial charge in [0, 0.05) is 11.1 Å². The molecular weight excluding hydrogens is 318 g/mol. The SMILES string of the molecule is CCOc1ccc(C(=O)Nc2nnc(-c3cc(C)cc(C)c3)o2)cc1. The molecule has 0 saturated carbocycles. The molecule has 0 spiro atoms. The maximum Gasteiger partial charge on any atom is 0.322 e. The van der Waals surface area contributed by atoms with E-state index in [9.17, 15) is 4.79 Å². The van der Waals surface area contributed by atoms with Crippen LogP contribution in [-0.2, 0) is 0 Å². The summed E-state index contributed by atoms with van der Waals surface area (Å²) in [6.07, 6.45) is 0. The molecule has 128 valence electrons. The highest BCUT2D eigenvalue weighted by atomic mass is 16.5. The van der Waals surface area contributed by atoms with Crippen LogP contribution in [0.25, 0.3) is 11.5 Å². The Balaban J connectivity index is 1.73. The van der Waals surface area contributed by atoms with E-state index in [1.165, 1.54) is 0 Å². The van der Waals surface area contributed by atoms with E-state index in [2.05, 4.69) is 21.6 Å². The zero-order valence-electron chi connectivity index (χ0n) is 14.4. The summed E-state index contributed by atoms with van der Waals surface area (Å²) in [5.74, 6) is 0.765. The number of hydrogen-bond acceptors (Lipinski definition) is 5. The Morgan fingerprint density at radius 2 is 1.76 bits per heavy atom. The molecule has 1 heterocycles. The second-order valence-electron chi connectivity index (χ2n) is 5.70. The van der Waals surface area contributed by atoms with Crippen molar-refractivity contribution in [3.63, 3.8) is 0 Å². The lowest BCUT2D eigenvalue weighted by atomic mass is 10.1. The third-order valence-electron chi connectivity index (χ3n) is 3.54. The minimum Gasteiger partial charge on any atom is -0.494 e. The van der Waals surface area contributed by atoms with E-state index in [1.54, 1.807) is 24.3 Å². The van der Waals surface area contributed by atoms with Gasteiger partial charge < -0.3 is 9.15 Å². The predicted octanol–water partition coefficient (Wildman–Crippen LogP) is 4.00. The highest BCUT2D eigenvalue weighted by Crippen LogP contribution is 2.23. The molecule has 0 aliphatic rings. The lowest BCUT2D eigenvalue weighted by Gasteiger charge is -2.04. The van der Waals surface area contributed by atoms with Crippen molar-refractivity contribution in [2.45, 2.75) is 20.8 Å². The smallest absolute Gasteiger partial charge is 0.322 e. The van der Waals surface area contributed by atoms with Crippen LogP contribution in [-0.4, -0.2) is 22.7 Å². The van der Waals surface area contributed by atoms with Gasteiger partial charge in [-0.3, -0.25) is 10.1 Å². The van der Waals surface area contributed by atoms with E-state index in [4.69, 9.17) is 9.15 Å². The fourth-order valence-electron chi connectivity index (χ4n) is 2.53. The number of benzene rings is 2. The standard InChI is InChI=1S/C19H19N3O3/c1-4-24-16-7-5-14(6-8-16)17(23)20-19-22-21-18(25-19)15-10-12(2)9-13(3)11-15/h5-11H,4H2,1-3H3,(H,20,22,23). The van der Waals surface area contributed by atoms with Crippen LogP contribution in [0.15, 0.2) is 46.9 Å². The minimum absolute atomic E-state index is 0.0630. The lowest BCUT2D eigenvalue weighted by molar-refractivity contribution is 0.102. The first-order valence-corrected chi connectivity index (χ1v) is 8.01. The molecule has 0 atom stereocenters. The van der Waals surface area contributed by atoms with Gasteiger partial charge in [0.1, 0.15) is 5.75 Å². The Labute approximate surface area is 145 Å². The maximum atomic E-state index is 12.3. The molecule has 0 saturated heterocycles. The van der Waals surface area contributed by atoms with Gasteiger partial charge in [-0.05, 0) is 57.2 Å². The average Bonchev–Trinajstić information content (AvgIpc) is 3.03. The van der Waals surface area contributed by atoms with Gasteiger partial charge in [-0.1, -0.05) is 22.3 Å². The van der Waals surface area contributed by atoms with Crippen LogP contribution in [0.5, 0.6) is 5.75 Å². The van der Waals surface area contributed by atoms with Crippen LogP contribution >= 0.6 is 0 Å². The second kappa shape index (κ2) is 7.17. The van der Waals surface area contributed by atoms with Gasteiger partial charge >= 0.3 is 6.01 Å². The molecule has 2 aromatic carbocycles. The highest BCUT2D eigenvalue weighted by molar-refractivity contribution is 6.03. The first-order chi connectivity index (χ1) is 12.0. The first kappa shape index (κ1) is 16.7. The number of anilines is 1. The molecular formula is C19H19N3O3. The highest BCUT2D eigenvalue weighted by Gasteiger charge is 2.13. The van der Waals surface area contributed by atoms with Gasteiger partial charge in [-0.25, -0.2) is 0 Å². The maximum absolute atomic E-state index is 12.3. The van der Waals surface area contributed by atoms with Crippen molar-refractivity contribution in [2.75, 3.05) is 11.9 Å².